The number of benzene rings is 2. The summed E-state index contributed by atoms with van der Waals surface area (Å²) >= 11 is 7.29. The van der Waals surface area contributed by atoms with Crippen LogP contribution in [0.2, 0.25) is 0 Å². The van der Waals surface area contributed by atoms with Crippen LogP contribution in [0.5, 0.6) is 0 Å². The van der Waals surface area contributed by atoms with Gasteiger partial charge in [-0.05, 0) is 47.2 Å². The fourth-order valence-electron chi connectivity index (χ4n) is 2.98. The second-order valence-electron chi connectivity index (χ2n) is 4.99. The maximum Gasteiger partial charge on any atom is 0.0216 e. The summed E-state index contributed by atoms with van der Waals surface area (Å²) in [7, 11) is 0. The molecule has 0 N–H and O–H groups in total. The molecule has 0 saturated carbocycles. The Kier molecular flexibility index (Phi) is 3.33. The van der Waals surface area contributed by atoms with E-state index in [0.717, 1.165) is 4.47 Å². The second kappa shape index (κ2) is 4.82. The maximum absolute atomic E-state index is 3.72. The molecule has 0 aromatic heterocycles. The molecule has 0 amide bonds. The van der Waals surface area contributed by atoms with Crippen molar-refractivity contribution < 1.29 is 0 Å². The summed E-state index contributed by atoms with van der Waals surface area (Å²) in [4.78, 5) is 0. The average Bonchev–Trinajstić information content (AvgIpc) is 2.69. The third-order valence-electron chi connectivity index (χ3n) is 3.81. The van der Waals surface area contributed by atoms with E-state index in [-0.39, 0.29) is 0 Å². The Morgan fingerprint density at radius 1 is 1.06 bits per heavy atom. The quantitative estimate of drug-likeness (QED) is 0.594. The topological polar surface area (TPSA) is 0 Å². The molecule has 92 valence electrons. The van der Waals surface area contributed by atoms with Crippen molar-refractivity contribution in [2.75, 3.05) is 0 Å². The van der Waals surface area contributed by atoms with Crippen LogP contribution in [0.3, 0.4) is 0 Å². The SMILES string of the molecule is CC1CC(c2cccc(Br)c2)c2c(Br)cccc21. The minimum atomic E-state index is 0.517. The van der Waals surface area contributed by atoms with E-state index in [4.69, 9.17) is 0 Å². The van der Waals surface area contributed by atoms with Crippen molar-refractivity contribution in [3.05, 3.63) is 68.1 Å². The summed E-state index contributed by atoms with van der Waals surface area (Å²) in [6.45, 7) is 2.32. The second-order valence-corrected chi connectivity index (χ2v) is 6.76. The average molecular weight is 366 g/mol. The molecule has 0 bridgehead atoms. The van der Waals surface area contributed by atoms with Gasteiger partial charge in [-0.3, -0.25) is 0 Å². The lowest BCUT2D eigenvalue weighted by Crippen LogP contribution is -1.97. The predicted octanol–water partition coefficient (Wildman–Crippen LogP) is 5.85. The molecule has 2 heteroatoms. The van der Waals surface area contributed by atoms with Crippen LogP contribution in [0.1, 0.15) is 41.9 Å². The summed E-state index contributed by atoms with van der Waals surface area (Å²) in [5, 5.41) is 0. The lowest BCUT2D eigenvalue weighted by atomic mass is 9.93. The molecule has 0 spiro atoms. The molecule has 0 heterocycles. The van der Waals surface area contributed by atoms with Crippen molar-refractivity contribution in [3.63, 3.8) is 0 Å². The van der Waals surface area contributed by atoms with E-state index < -0.39 is 0 Å². The third kappa shape index (κ3) is 2.06. The molecule has 2 unspecified atom stereocenters. The molecule has 0 fully saturated rings. The molecule has 2 aromatic carbocycles. The first-order valence-electron chi connectivity index (χ1n) is 6.20. The Morgan fingerprint density at radius 3 is 2.61 bits per heavy atom. The van der Waals surface area contributed by atoms with E-state index >= 15 is 0 Å². The van der Waals surface area contributed by atoms with E-state index in [1.807, 2.05) is 0 Å². The largest absolute Gasteiger partial charge is 0.0608 e. The molecule has 0 saturated heterocycles. The molecule has 18 heavy (non-hydrogen) atoms. The first kappa shape index (κ1) is 12.4. The summed E-state index contributed by atoms with van der Waals surface area (Å²) in [6, 6.07) is 15.2. The molecule has 0 aliphatic heterocycles. The van der Waals surface area contributed by atoms with Gasteiger partial charge in [-0.15, -0.1) is 0 Å². The highest BCUT2D eigenvalue weighted by Gasteiger charge is 2.30. The van der Waals surface area contributed by atoms with Crippen LogP contribution in [0.15, 0.2) is 51.4 Å². The van der Waals surface area contributed by atoms with Crippen molar-refractivity contribution in [2.45, 2.75) is 25.2 Å². The molecule has 3 rings (SSSR count). The molecule has 1 aliphatic carbocycles. The van der Waals surface area contributed by atoms with Gasteiger partial charge in [-0.25, -0.2) is 0 Å². The van der Waals surface area contributed by atoms with E-state index in [0.29, 0.717) is 11.8 Å². The standard InChI is InChI=1S/C16H14Br2/c1-10-8-14(11-4-2-5-12(17)9-11)16-13(10)6-3-7-15(16)18/h2-7,9-10,14H,8H2,1H3. The van der Waals surface area contributed by atoms with Gasteiger partial charge in [0.05, 0.1) is 0 Å². The highest BCUT2D eigenvalue weighted by Crippen LogP contribution is 2.48. The minimum absolute atomic E-state index is 0.517. The monoisotopic (exact) mass is 364 g/mol. The first-order valence-corrected chi connectivity index (χ1v) is 7.79. The maximum atomic E-state index is 3.72. The number of halogens is 2. The Balaban J connectivity index is 2.13. The van der Waals surface area contributed by atoms with E-state index in [9.17, 15) is 0 Å². The van der Waals surface area contributed by atoms with Crippen LogP contribution in [-0.4, -0.2) is 0 Å². The van der Waals surface area contributed by atoms with Crippen LogP contribution < -0.4 is 0 Å². The van der Waals surface area contributed by atoms with Gasteiger partial charge >= 0.3 is 0 Å². The summed E-state index contributed by atoms with van der Waals surface area (Å²) < 4.78 is 2.41. The smallest absolute Gasteiger partial charge is 0.0216 e. The zero-order chi connectivity index (χ0) is 12.7. The normalized spacial score (nSPS) is 21.9. The Labute approximate surface area is 125 Å². The third-order valence-corrected chi connectivity index (χ3v) is 4.99. The van der Waals surface area contributed by atoms with Crippen molar-refractivity contribution >= 4 is 31.9 Å². The minimum Gasteiger partial charge on any atom is -0.0608 e. The van der Waals surface area contributed by atoms with Crippen LogP contribution in [0.4, 0.5) is 0 Å². The lowest BCUT2D eigenvalue weighted by molar-refractivity contribution is 0.685. The first-order chi connectivity index (χ1) is 8.66. The van der Waals surface area contributed by atoms with Crippen LogP contribution in [0, 0.1) is 0 Å². The van der Waals surface area contributed by atoms with E-state index in [1.54, 1.807) is 0 Å². The van der Waals surface area contributed by atoms with Crippen molar-refractivity contribution in [2.24, 2.45) is 0 Å². The van der Waals surface area contributed by atoms with Crippen molar-refractivity contribution in [1.29, 1.82) is 0 Å². The zero-order valence-corrected chi connectivity index (χ0v) is 13.3. The van der Waals surface area contributed by atoms with Gasteiger partial charge in [-0.1, -0.05) is 63.0 Å². The number of fused-ring (bicyclic) bond motifs is 1. The van der Waals surface area contributed by atoms with Gasteiger partial charge in [0.2, 0.25) is 0 Å². The fraction of sp³-hybridized carbons (Fsp3) is 0.250. The molecule has 0 nitrogen and oxygen atoms in total. The summed E-state index contributed by atoms with van der Waals surface area (Å²) in [6.07, 6.45) is 1.20. The molecular weight excluding hydrogens is 352 g/mol. The fourth-order valence-corrected chi connectivity index (χ4v) is 4.05. The number of rotatable bonds is 1. The summed E-state index contributed by atoms with van der Waals surface area (Å²) in [5.74, 6) is 1.16. The van der Waals surface area contributed by atoms with Gasteiger partial charge in [0, 0.05) is 14.9 Å². The zero-order valence-electron chi connectivity index (χ0n) is 10.2. The molecule has 2 atom stereocenters. The van der Waals surface area contributed by atoms with E-state index in [1.165, 1.54) is 27.6 Å². The molecule has 2 aromatic rings. The Hall–Kier alpha value is -0.600. The predicted molar refractivity (Wildman–Crippen MR) is 83.2 cm³/mol. The summed E-state index contributed by atoms with van der Waals surface area (Å²) in [5.41, 5.74) is 4.37. The molecule has 0 radical (unpaired) electrons. The molecular formula is C16H14Br2. The lowest BCUT2D eigenvalue weighted by Gasteiger charge is -2.14. The van der Waals surface area contributed by atoms with Crippen molar-refractivity contribution in [3.8, 4) is 0 Å². The van der Waals surface area contributed by atoms with Crippen LogP contribution >= 0.6 is 31.9 Å². The van der Waals surface area contributed by atoms with Crippen molar-refractivity contribution in [1.82, 2.24) is 0 Å². The van der Waals surface area contributed by atoms with Gasteiger partial charge in [0.1, 0.15) is 0 Å². The van der Waals surface area contributed by atoms with Crippen LogP contribution in [0.25, 0.3) is 0 Å². The van der Waals surface area contributed by atoms with Crippen LogP contribution in [-0.2, 0) is 0 Å². The van der Waals surface area contributed by atoms with Gasteiger partial charge in [0.25, 0.3) is 0 Å². The molecule has 1 aliphatic rings. The Bertz CT molecular complexity index is 589. The number of hydrogen-bond acceptors (Lipinski definition) is 0. The van der Waals surface area contributed by atoms with Gasteiger partial charge in [0.15, 0.2) is 0 Å². The van der Waals surface area contributed by atoms with Gasteiger partial charge in [-0.2, -0.15) is 0 Å². The Morgan fingerprint density at radius 2 is 1.83 bits per heavy atom. The van der Waals surface area contributed by atoms with Gasteiger partial charge < -0.3 is 0 Å². The highest BCUT2D eigenvalue weighted by molar-refractivity contribution is 9.10. The van der Waals surface area contributed by atoms with E-state index in [2.05, 4.69) is 81.2 Å². The highest BCUT2D eigenvalue weighted by atomic mass is 79.9. The number of hydrogen-bond donors (Lipinski definition) is 0.